The second kappa shape index (κ2) is 7.24. The van der Waals surface area contributed by atoms with Crippen LogP contribution in [-0.4, -0.2) is 37.1 Å². The molecule has 0 unspecified atom stereocenters. The summed E-state index contributed by atoms with van der Waals surface area (Å²) in [4.78, 5) is 18.7. The van der Waals surface area contributed by atoms with E-state index >= 15 is 0 Å². The van der Waals surface area contributed by atoms with Crippen molar-refractivity contribution in [2.24, 2.45) is 0 Å². The molecule has 2 heterocycles. The number of aromatic nitrogens is 1. The van der Waals surface area contributed by atoms with Crippen molar-refractivity contribution >= 4 is 11.7 Å². The van der Waals surface area contributed by atoms with E-state index in [1.807, 2.05) is 19.1 Å². The van der Waals surface area contributed by atoms with Crippen LogP contribution in [0, 0.1) is 0 Å². The summed E-state index contributed by atoms with van der Waals surface area (Å²) < 4.78 is 0. The van der Waals surface area contributed by atoms with Crippen LogP contribution in [0.5, 0.6) is 0 Å². The van der Waals surface area contributed by atoms with Gasteiger partial charge >= 0.3 is 0 Å². The van der Waals surface area contributed by atoms with Crippen molar-refractivity contribution in [3.8, 4) is 0 Å². The Morgan fingerprint density at radius 1 is 1.35 bits per heavy atom. The molecule has 2 N–H and O–H groups in total. The molecule has 0 bridgehead atoms. The van der Waals surface area contributed by atoms with Crippen molar-refractivity contribution in [1.82, 2.24) is 15.6 Å². The Hall–Kier alpha value is -2.40. The molecule has 1 amide bonds. The van der Waals surface area contributed by atoms with Crippen LogP contribution in [0.25, 0.3) is 0 Å². The predicted molar refractivity (Wildman–Crippen MR) is 91.6 cm³/mol. The van der Waals surface area contributed by atoms with E-state index in [2.05, 4.69) is 44.8 Å². The van der Waals surface area contributed by atoms with Crippen molar-refractivity contribution < 1.29 is 4.79 Å². The summed E-state index contributed by atoms with van der Waals surface area (Å²) in [5.74, 6) is 0.807. The standard InChI is InChI=1S/C18H22N4O/c1-2-19-18(23)15-8-9-21-17(12-15)22-11-10-20-16(13-22)14-6-4-3-5-7-14/h3-9,12,16,20H,2,10-11,13H2,1H3,(H,19,23)/t16-/m0/s1. The molecule has 0 aliphatic carbocycles. The second-order valence-corrected chi connectivity index (χ2v) is 5.63. The van der Waals surface area contributed by atoms with Gasteiger partial charge in [-0.25, -0.2) is 4.98 Å². The first-order chi connectivity index (χ1) is 11.3. The Morgan fingerprint density at radius 3 is 2.96 bits per heavy atom. The monoisotopic (exact) mass is 310 g/mol. The number of nitrogens with one attached hydrogen (secondary N) is 2. The lowest BCUT2D eigenvalue weighted by molar-refractivity contribution is 0.0955. The molecule has 5 nitrogen and oxygen atoms in total. The van der Waals surface area contributed by atoms with E-state index < -0.39 is 0 Å². The van der Waals surface area contributed by atoms with E-state index in [9.17, 15) is 4.79 Å². The molecule has 0 spiro atoms. The molecule has 5 heteroatoms. The zero-order valence-electron chi connectivity index (χ0n) is 13.3. The average molecular weight is 310 g/mol. The van der Waals surface area contributed by atoms with Crippen LogP contribution in [0.1, 0.15) is 28.9 Å². The van der Waals surface area contributed by atoms with Gasteiger partial charge in [-0.3, -0.25) is 4.79 Å². The Kier molecular flexibility index (Phi) is 4.88. The molecule has 1 atom stereocenters. The molecular weight excluding hydrogens is 288 g/mol. The van der Waals surface area contributed by atoms with Crippen molar-refractivity contribution in [1.29, 1.82) is 0 Å². The SMILES string of the molecule is CCNC(=O)c1ccnc(N2CCN[C@H](c3ccccc3)C2)c1. The molecule has 23 heavy (non-hydrogen) atoms. The number of hydrogen-bond acceptors (Lipinski definition) is 4. The molecule has 1 aromatic carbocycles. The third-order valence-electron chi connectivity index (χ3n) is 4.05. The Bertz CT molecular complexity index is 659. The van der Waals surface area contributed by atoms with Crippen LogP contribution in [-0.2, 0) is 0 Å². The summed E-state index contributed by atoms with van der Waals surface area (Å²) in [6.07, 6.45) is 1.71. The summed E-state index contributed by atoms with van der Waals surface area (Å²) in [6.45, 7) is 5.17. The third-order valence-corrected chi connectivity index (χ3v) is 4.05. The molecule has 3 rings (SSSR count). The minimum Gasteiger partial charge on any atom is -0.353 e. The number of piperazine rings is 1. The Morgan fingerprint density at radius 2 is 2.17 bits per heavy atom. The molecule has 1 aliphatic rings. The minimum absolute atomic E-state index is 0.0501. The van der Waals surface area contributed by atoms with Gasteiger partial charge in [-0.1, -0.05) is 30.3 Å². The van der Waals surface area contributed by atoms with E-state index in [1.165, 1.54) is 5.56 Å². The normalized spacial score (nSPS) is 17.8. The van der Waals surface area contributed by atoms with Crippen LogP contribution in [0.2, 0.25) is 0 Å². The number of benzene rings is 1. The van der Waals surface area contributed by atoms with E-state index in [4.69, 9.17) is 0 Å². The van der Waals surface area contributed by atoms with E-state index in [-0.39, 0.29) is 11.9 Å². The molecule has 1 aromatic heterocycles. The highest BCUT2D eigenvalue weighted by atomic mass is 16.1. The number of carbonyl (C=O) groups excluding carboxylic acids is 1. The summed E-state index contributed by atoms with van der Waals surface area (Å²) in [6, 6.07) is 14.3. The van der Waals surface area contributed by atoms with Gasteiger partial charge in [0.2, 0.25) is 0 Å². The number of hydrogen-bond donors (Lipinski definition) is 2. The van der Waals surface area contributed by atoms with Gasteiger partial charge < -0.3 is 15.5 Å². The van der Waals surface area contributed by atoms with Crippen molar-refractivity contribution in [3.05, 3.63) is 59.8 Å². The van der Waals surface area contributed by atoms with Gasteiger partial charge in [-0.05, 0) is 24.6 Å². The number of nitrogens with zero attached hydrogens (tertiary/aromatic N) is 2. The number of carbonyl (C=O) groups is 1. The molecular formula is C18H22N4O. The first-order valence-electron chi connectivity index (χ1n) is 8.05. The smallest absolute Gasteiger partial charge is 0.251 e. The van der Waals surface area contributed by atoms with E-state index in [0.29, 0.717) is 12.1 Å². The van der Waals surface area contributed by atoms with Crippen LogP contribution >= 0.6 is 0 Å². The Labute approximate surface area is 136 Å². The summed E-state index contributed by atoms with van der Waals surface area (Å²) in [5, 5.41) is 6.37. The van der Waals surface area contributed by atoms with Gasteiger partial charge in [-0.15, -0.1) is 0 Å². The van der Waals surface area contributed by atoms with E-state index in [0.717, 1.165) is 25.5 Å². The minimum atomic E-state index is -0.0501. The maximum atomic E-state index is 12.0. The van der Waals surface area contributed by atoms with E-state index in [1.54, 1.807) is 12.3 Å². The first-order valence-corrected chi connectivity index (χ1v) is 8.05. The fourth-order valence-electron chi connectivity index (χ4n) is 2.86. The third kappa shape index (κ3) is 3.68. The summed E-state index contributed by atoms with van der Waals surface area (Å²) >= 11 is 0. The van der Waals surface area contributed by atoms with Gasteiger partial charge in [0.05, 0.1) is 0 Å². The molecule has 1 aliphatic heterocycles. The summed E-state index contributed by atoms with van der Waals surface area (Å²) in [5.41, 5.74) is 1.93. The maximum Gasteiger partial charge on any atom is 0.251 e. The van der Waals surface area contributed by atoms with Crippen molar-refractivity contribution in [3.63, 3.8) is 0 Å². The lowest BCUT2D eigenvalue weighted by atomic mass is 10.0. The van der Waals surface area contributed by atoms with Crippen LogP contribution in [0.4, 0.5) is 5.82 Å². The van der Waals surface area contributed by atoms with Crippen LogP contribution in [0.15, 0.2) is 48.7 Å². The second-order valence-electron chi connectivity index (χ2n) is 5.63. The average Bonchev–Trinajstić information content (AvgIpc) is 2.63. The first kappa shape index (κ1) is 15.5. The van der Waals surface area contributed by atoms with Gasteiger partial charge in [0.25, 0.3) is 5.91 Å². The lowest BCUT2D eigenvalue weighted by Gasteiger charge is -2.34. The lowest BCUT2D eigenvalue weighted by Crippen LogP contribution is -2.46. The fourth-order valence-corrected chi connectivity index (χ4v) is 2.86. The number of pyridine rings is 1. The largest absolute Gasteiger partial charge is 0.353 e. The highest BCUT2D eigenvalue weighted by Gasteiger charge is 2.22. The number of rotatable bonds is 4. The van der Waals surface area contributed by atoms with Crippen molar-refractivity contribution in [2.75, 3.05) is 31.1 Å². The van der Waals surface area contributed by atoms with Gasteiger partial charge in [0, 0.05) is 44.0 Å². The quantitative estimate of drug-likeness (QED) is 0.907. The molecule has 120 valence electrons. The highest BCUT2D eigenvalue weighted by Crippen LogP contribution is 2.21. The topological polar surface area (TPSA) is 57.3 Å². The predicted octanol–water partition coefficient (Wildman–Crippen LogP) is 1.98. The molecule has 2 aromatic rings. The number of anilines is 1. The fraction of sp³-hybridized carbons (Fsp3) is 0.333. The highest BCUT2D eigenvalue weighted by molar-refractivity contribution is 5.94. The molecule has 0 radical (unpaired) electrons. The number of amides is 1. The van der Waals surface area contributed by atoms with Gasteiger partial charge in [0.1, 0.15) is 5.82 Å². The van der Waals surface area contributed by atoms with Crippen molar-refractivity contribution in [2.45, 2.75) is 13.0 Å². The van der Waals surface area contributed by atoms with Crippen LogP contribution in [0.3, 0.4) is 0 Å². The van der Waals surface area contributed by atoms with Crippen LogP contribution < -0.4 is 15.5 Å². The summed E-state index contributed by atoms with van der Waals surface area (Å²) in [7, 11) is 0. The molecule has 1 fully saturated rings. The zero-order chi connectivity index (χ0) is 16.1. The van der Waals surface area contributed by atoms with Gasteiger partial charge in [-0.2, -0.15) is 0 Å². The maximum absolute atomic E-state index is 12.0. The molecule has 1 saturated heterocycles. The zero-order valence-corrected chi connectivity index (χ0v) is 13.3. The van der Waals surface area contributed by atoms with Gasteiger partial charge in [0.15, 0.2) is 0 Å². The Balaban J connectivity index is 1.76. The molecule has 0 saturated carbocycles.